The van der Waals surface area contributed by atoms with Crippen LogP contribution in [0.4, 0.5) is 0 Å². The van der Waals surface area contributed by atoms with E-state index >= 15 is 0 Å². The van der Waals surface area contributed by atoms with Gasteiger partial charge in [-0.2, -0.15) is 0 Å². The number of hydrogen-bond donors (Lipinski definition) is 0. The molecule has 3 rings (SSSR count). The minimum absolute atomic E-state index is 0.216. The highest BCUT2D eigenvalue weighted by atomic mass is 16.5. The Kier molecular flexibility index (Phi) is 3.61. The number of ether oxygens (including phenoxy) is 1. The Morgan fingerprint density at radius 2 is 1.81 bits per heavy atom. The number of methoxy groups -OCH3 is 1. The zero-order chi connectivity index (χ0) is 14.8. The molecule has 0 aromatic heterocycles. The van der Waals surface area contributed by atoms with Crippen LogP contribution in [-0.2, 0) is 11.2 Å². The third-order valence-electron chi connectivity index (χ3n) is 3.91. The maximum absolute atomic E-state index is 12.3. The van der Waals surface area contributed by atoms with Gasteiger partial charge in [0, 0.05) is 12.0 Å². The van der Waals surface area contributed by atoms with Gasteiger partial charge >= 0.3 is 0 Å². The van der Waals surface area contributed by atoms with Crippen LogP contribution in [0.15, 0.2) is 42.5 Å². The number of benzene rings is 2. The van der Waals surface area contributed by atoms with Crippen LogP contribution >= 0.6 is 0 Å². The average molecular weight is 278 g/mol. The summed E-state index contributed by atoms with van der Waals surface area (Å²) in [5.41, 5.74) is 5.31. The lowest BCUT2D eigenvalue weighted by molar-refractivity contribution is -0.113. The number of Topliss-reactive ketones (excluding diaryl/α,β-unsaturated/α-hetero) is 1. The molecule has 2 heteroatoms. The van der Waals surface area contributed by atoms with Crippen LogP contribution in [0.25, 0.3) is 11.6 Å². The first-order chi connectivity index (χ1) is 10.2. The van der Waals surface area contributed by atoms with Gasteiger partial charge in [-0.1, -0.05) is 35.9 Å². The third kappa shape index (κ3) is 2.75. The lowest BCUT2D eigenvalue weighted by atomic mass is 9.85. The Morgan fingerprint density at radius 1 is 1.05 bits per heavy atom. The molecular formula is C19H18O2. The molecule has 0 unspecified atom stereocenters. The number of aryl methyl sites for hydroxylation is 2. The van der Waals surface area contributed by atoms with E-state index in [0.29, 0.717) is 6.42 Å². The fourth-order valence-electron chi connectivity index (χ4n) is 2.69. The van der Waals surface area contributed by atoms with E-state index < -0.39 is 0 Å². The summed E-state index contributed by atoms with van der Waals surface area (Å²) in [6.07, 6.45) is 3.35. The summed E-state index contributed by atoms with van der Waals surface area (Å²) in [5.74, 6) is 1.06. The van der Waals surface area contributed by atoms with Crippen molar-refractivity contribution in [2.75, 3.05) is 7.11 Å². The van der Waals surface area contributed by atoms with Gasteiger partial charge in [-0.15, -0.1) is 0 Å². The summed E-state index contributed by atoms with van der Waals surface area (Å²) >= 11 is 0. The van der Waals surface area contributed by atoms with Gasteiger partial charge in [-0.3, -0.25) is 4.79 Å². The molecule has 21 heavy (non-hydrogen) atoms. The van der Waals surface area contributed by atoms with Gasteiger partial charge in [0.15, 0.2) is 5.78 Å². The van der Waals surface area contributed by atoms with Crippen molar-refractivity contribution in [3.63, 3.8) is 0 Å². The van der Waals surface area contributed by atoms with Crippen LogP contribution in [0.2, 0.25) is 0 Å². The zero-order valence-electron chi connectivity index (χ0n) is 12.3. The molecule has 0 amide bonds. The molecule has 0 radical (unpaired) electrons. The van der Waals surface area contributed by atoms with E-state index in [0.717, 1.165) is 28.9 Å². The van der Waals surface area contributed by atoms with E-state index in [2.05, 4.69) is 19.1 Å². The standard InChI is InChI=1S/C19H18O2/c1-13-3-5-14(6-4-13)11-18-17-9-8-16(21-2)12-15(17)7-10-19(18)20/h3-6,8-9,11-12H,7,10H2,1-2H3/b18-11+. The molecule has 1 aliphatic rings. The van der Waals surface area contributed by atoms with Crippen LogP contribution < -0.4 is 4.74 Å². The summed E-state index contributed by atoms with van der Waals surface area (Å²) in [6.45, 7) is 2.06. The molecule has 0 bridgehead atoms. The fourth-order valence-corrected chi connectivity index (χ4v) is 2.69. The molecule has 0 fully saturated rings. The zero-order valence-corrected chi connectivity index (χ0v) is 12.3. The fraction of sp³-hybridized carbons (Fsp3) is 0.211. The molecule has 0 saturated carbocycles. The van der Waals surface area contributed by atoms with Gasteiger partial charge in [0.25, 0.3) is 0 Å². The van der Waals surface area contributed by atoms with Crippen molar-refractivity contribution in [2.45, 2.75) is 19.8 Å². The molecule has 0 aliphatic heterocycles. The maximum atomic E-state index is 12.3. The Balaban J connectivity index is 2.06. The monoisotopic (exact) mass is 278 g/mol. The lowest BCUT2D eigenvalue weighted by Gasteiger charge is -2.19. The van der Waals surface area contributed by atoms with E-state index in [1.807, 2.05) is 36.4 Å². The third-order valence-corrected chi connectivity index (χ3v) is 3.91. The number of hydrogen-bond acceptors (Lipinski definition) is 2. The minimum atomic E-state index is 0.216. The number of allylic oxidation sites excluding steroid dienone is 1. The van der Waals surface area contributed by atoms with Gasteiger partial charge in [-0.25, -0.2) is 0 Å². The number of ketones is 1. The summed E-state index contributed by atoms with van der Waals surface area (Å²) in [6, 6.07) is 14.2. The van der Waals surface area contributed by atoms with E-state index in [1.165, 1.54) is 11.1 Å². The molecule has 106 valence electrons. The van der Waals surface area contributed by atoms with Crippen LogP contribution in [0.1, 0.15) is 28.7 Å². The number of fused-ring (bicyclic) bond motifs is 1. The van der Waals surface area contributed by atoms with Crippen molar-refractivity contribution in [1.29, 1.82) is 0 Å². The van der Waals surface area contributed by atoms with Gasteiger partial charge in [0.1, 0.15) is 5.75 Å². The van der Waals surface area contributed by atoms with Crippen LogP contribution in [0, 0.1) is 6.92 Å². The van der Waals surface area contributed by atoms with Crippen molar-refractivity contribution >= 4 is 17.4 Å². The normalized spacial score (nSPS) is 15.9. The molecule has 0 heterocycles. The minimum Gasteiger partial charge on any atom is -0.497 e. The molecule has 0 saturated heterocycles. The molecule has 0 N–H and O–H groups in total. The van der Waals surface area contributed by atoms with Gasteiger partial charge in [-0.05, 0) is 48.2 Å². The number of carbonyl (C=O) groups is 1. The van der Waals surface area contributed by atoms with Crippen molar-refractivity contribution < 1.29 is 9.53 Å². The SMILES string of the molecule is COc1ccc2c(c1)CCC(=O)/C2=C/c1ccc(C)cc1. The topological polar surface area (TPSA) is 26.3 Å². The average Bonchev–Trinajstić information content (AvgIpc) is 2.51. The first-order valence-electron chi connectivity index (χ1n) is 7.16. The quantitative estimate of drug-likeness (QED) is 0.774. The Morgan fingerprint density at radius 3 is 2.52 bits per heavy atom. The number of carbonyl (C=O) groups excluding carboxylic acids is 1. The molecule has 2 nitrogen and oxygen atoms in total. The lowest BCUT2D eigenvalue weighted by Crippen LogP contribution is -2.12. The molecule has 0 spiro atoms. The second-order valence-electron chi connectivity index (χ2n) is 5.41. The Labute approximate surface area is 125 Å². The summed E-state index contributed by atoms with van der Waals surface area (Å²) < 4.78 is 5.27. The highest BCUT2D eigenvalue weighted by Crippen LogP contribution is 2.32. The number of rotatable bonds is 2. The van der Waals surface area contributed by atoms with Crippen LogP contribution in [-0.4, -0.2) is 12.9 Å². The van der Waals surface area contributed by atoms with E-state index in [9.17, 15) is 4.79 Å². The predicted octanol–water partition coefficient (Wildman–Crippen LogP) is 4.06. The second-order valence-corrected chi connectivity index (χ2v) is 5.41. The maximum Gasteiger partial charge on any atom is 0.163 e. The Bertz CT molecular complexity index is 709. The highest BCUT2D eigenvalue weighted by molar-refractivity contribution is 6.26. The van der Waals surface area contributed by atoms with Gasteiger partial charge in [0.05, 0.1) is 7.11 Å². The van der Waals surface area contributed by atoms with Crippen molar-refractivity contribution in [3.8, 4) is 5.75 Å². The van der Waals surface area contributed by atoms with Crippen molar-refractivity contribution in [2.24, 2.45) is 0 Å². The molecule has 0 atom stereocenters. The van der Waals surface area contributed by atoms with E-state index in [4.69, 9.17) is 4.74 Å². The van der Waals surface area contributed by atoms with E-state index in [1.54, 1.807) is 7.11 Å². The summed E-state index contributed by atoms with van der Waals surface area (Å²) in [7, 11) is 1.67. The molecule has 2 aromatic rings. The van der Waals surface area contributed by atoms with Crippen LogP contribution in [0.5, 0.6) is 5.75 Å². The first-order valence-corrected chi connectivity index (χ1v) is 7.16. The Hall–Kier alpha value is -2.35. The predicted molar refractivity (Wildman–Crippen MR) is 85.4 cm³/mol. The smallest absolute Gasteiger partial charge is 0.163 e. The van der Waals surface area contributed by atoms with E-state index in [-0.39, 0.29) is 5.78 Å². The summed E-state index contributed by atoms with van der Waals surface area (Å²) in [5, 5.41) is 0. The van der Waals surface area contributed by atoms with Crippen molar-refractivity contribution in [1.82, 2.24) is 0 Å². The molecular weight excluding hydrogens is 260 g/mol. The van der Waals surface area contributed by atoms with Gasteiger partial charge < -0.3 is 4.74 Å². The highest BCUT2D eigenvalue weighted by Gasteiger charge is 2.21. The van der Waals surface area contributed by atoms with Crippen LogP contribution in [0.3, 0.4) is 0 Å². The van der Waals surface area contributed by atoms with Gasteiger partial charge in [0.2, 0.25) is 0 Å². The van der Waals surface area contributed by atoms with Crippen molar-refractivity contribution in [3.05, 3.63) is 64.7 Å². The summed E-state index contributed by atoms with van der Waals surface area (Å²) in [4.78, 5) is 12.3. The first kappa shape index (κ1) is 13.6. The molecule has 2 aromatic carbocycles. The largest absolute Gasteiger partial charge is 0.497 e. The second kappa shape index (κ2) is 5.57. The molecule has 1 aliphatic carbocycles.